The van der Waals surface area contributed by atoms with Crippen LogP contribution in [0.3, 0.4) is 0 Å². The van der Waals surface area contributed by atoms with Gasteiger partial charge in [-0.2, -0.15) is 13.2 Å². The van der Waals surface area contributed by atoms with E-state index >= 15 is 0 Å². The fourth-order valence-corrected chi connectivity index (χ4v) is 2.19. The molecule has 0 spiro atoms. The topological polar surface area (TPSA) is 71.0 Å². The molecule has 2 rings (SSSR count). The van der Waals surface area contributed by atoms with Gasteiger partial charge in [-0.3, -0.25) is 9.13 Å². The minimum atomic E-state index is -4.83. The van der Waals surface area contributed by atoms with Gasteiger partial charge < -0.3 is 10.5 Å². The van der Waals surface area contributed by atoms with E-state index in [0.717, 1.165) is 15.3 Å². The molecule has 1 heterocycles. The number of nitrogens with zero attached hydrogens (tertiary/aromatic N) is 2. The Kier molecular flexibility index (Phi) is 4.96. The van der Waals surface area contributed by atoms with E-state index in [1.165, 1.54) is 6.20 Å². The molecule has 1 aromatic heterocycles. The van der Waals surface area contributed by atoms with Crippen molar-refractivity contribution in [2.45, 2.75) is 25.4 Å². The minimum Gasteiger partial charge on any atom is -0.382 e. The largest absolute Gasteiger partial charge is 0.416 e. The van der Waals surface area contributed by atoms with Crippen LogP contribution in [0.5, 0.6) is 0 Å². The number of hydrogen-bond acceptors (Lipinski definition) is 3. The Hall–Kier alpha value is -2.06. The third-order valence-electron chi connectivity index (χ3n) is 3.21. The molecular weight excluding hydrogens is 335 g/mol. The summed E-state index contributed by atoms with van der Waals surface area (Å²) in [6.45, 7) is -1.00. The standard InChI is InChI=1S/C14H13ClF3N3O2/c15-10-3-1-9(2-4-10)11-7-20(6-5-19)13(23)21(11)8-12(22)14(16,17)18/h1-5,7,12,19,22H,6,8H2/t12-/m0/s1. The van der Waals surface area contributed by atoms with Gasteiger partial charge in [0.15, 0.2) is 6.10 Å². The number of aliphatic hydroxyl groups is 1. The summed E-state index contributed by atoms with van der Waals surface area (Å²) in [6, 6.07) is 6.20. The summed E-state index contributed by atoms with van der Waals surface area (Å²) in [5.74, 6) is 0. The second-order valence-electron chi connectivity index (χ2n) is 4.83. The normalized spacial score (nSPS) is 13.1. The van der Waals surface area contributed by atoms with Crippen LogP contribution in [0.4, 0.5) is 13.2 Å². The summed E-state index contributed by atoms with van der Waals surface area (Å²) in [4.78, 5) is 12.2. The van der Waals surface area contributed by atoms with Crippen molar-refractivity contribution in [3.8, 4) is 11.3 Å². The number of halogens is 4. The van der Waals surface area contributed by atoms with E-state index in [-0.39, 0.29) is 12.2 Å². The van der Waals surface area contributed by atoms with E-state index in [1.807, 2.05) is 0 Å². The van der Waals surface area contributed by atoms with Gasteiger partial charge >= 0.3 is 11.9 Å². The smallest absolute Gasteiger partial charge is 0.382 e. The molecule has 0 aliphatic carbocycles. The zero-order chi connectivity index (χ0) is 17.2. The first-order valence-corrected chi connectivity index (χ1v) is 6.91. The molecule has 0 aliphatic heterocycles. The molecule has 0 saturated carbocycles. The Morgan fingerprint density at radius 2 is 1.91 bits per heavy atom. The van der Waals surface area contributed by atoms with Crippen LogP contribution in [0.25, 0.3) is 11.3 Å². The Bertz CT molecular complexity index is 750. The second-order valence-corrected chi connectivity index (χ2v) is 5.26. The highest BCUT2D eigenvalue weighted by Crippen LogP contribution is 2.25. The Morgan fingerprint density at radius 1 is 1.30 bits per heavy atom. The molecule has 0 radical (unpaired) electrons. The van der Waals surface area contributed by atoms with Gasteiger partial charge in [0.2, 0.25) is 0 Å². The van der Waals surface area contributed by atoms with Crippen molar-refractivity contribution in [2.24, 2.45) is 0 Å². The summed E-state index contributed by atoms with van der Waals surface area (Å²) in [7, 11) is 0. The summed E-state index contributed by atoms with van der Waals surface area (Å²) in [5, 5.41) is 16.7. The van der Waals surface area contributed by atoms with Crippen molar-refractivity contribution in [3.63, 3.8) is 0 Å². The Morgan fingerprint density at radius 3 is 2.43 bits per heavy atom. The van der Waals surface area contributed by atoms with Crippen LogP contribution in [-0.2, 0) is 13.1 Å². The first-order chi connectivity index (χ1) is 10.7. The average molecular weight is 348 g/mol. The van der Waals surface area contributed by atoms with Crippen molar-refractivity contribution in [2.75, 3.05) is 0 Å². The molecule has 0 unspecified atom stereocenters. The second kappa shape index (κ2) is 6.59. The molecule has 124 valence electrons. The van der Waals surface area contributed by atoms with Gasteiger partial charge in [0, 0.05) is 17.4 Å². The lowest BCUT2D eigenvalue weighted by Crippen LogP contribution is -2.37. The maximum absolute atomic E-state index is 12.6. The molecule has 2 N–H and O–H groups in total. The first-order valence-electron chi connectivity index (χ1n) is 6.53. The molecular formula is C14H13ClF3N3O2. The molecule has 0 bridgehead atoms. The van der Waals surface area contributed by atoms with Crippen LogP contribution < -0.4 is 5.69 Å². The Balaban J connectivity index is 2.52. The van der Waals surface area contributed by atoms with E-state index in [9.17, 15) is 23.1 Å². The summed E-state index contributed by atoms with van der Waals surface area (Å²) >= 11 is 5.78. The van der Waals surface area contributed by atoms with Crippen molar-refractivity contribution in [1.29, 1.82) is 5.41 Å². The van der Waals surface area contributed by atoms with Crippen LogP contribution in [0, 0.1) is 5.41 Å². The van der Waals surface area contributed by atoms with Crippen molar-refractivity contribution in [3.05, 3.63) is 46.0 Å². The molecule has 0 amide bonds. The van der Waals surface area contributed by atoms with Gasteiger partial charge in [-0.05, 0) is 17.7 Å². The van der Waals surface area contributed by atoms with E-state index in [1.54, 1.807) is 24.3 Å². The molecule has 0 saturated heterocycles. The van der Waals surface area contributed by atoms with E-state index in [0.29, 0.717) is 10.6 Å². The number of aliphatic hydroxyl groups excluding tert-OH is 1. The summed E-state index contributed by atoms with van der Waals surface area (Å²) < 4.78 is 39.7. The van der Waals surface area contributed by atoms with Crippen molar-refractivity contribution >= 4 is 17.8 Å². The number of benzene rings is 1. The molecule has 0 fully saturated rings. The zero-order valence-corrected chi connectivity index (χ0v) is 12.5. The summed E-state index contributed by atoms with van der Waals surface area (Å²) in [5.41, 5.74) is -0.0526. The molecule has 5 nitrogen and oxygen atoms in total. The highest BCUT2D eigenvalue weighted by molar-refractivity contribution is 6.30. The highest BCUT2D eigenvalue weighted by Gasteiger charge is 2.39. The van der Waals surface area contributed by atoms with E-state index in [4.69, 9.17) is 17.0 Å². The van der Waals surface area contributed by atoms with Gasteiger partial charge in [0.1, 0.15) is 0 Å². The lowest BCUT2D eigenvalue weighted by atomic mass is 10.1. The van der Waals surface area contributed by atoms with Gasteiger partial charge in [-0.1, -0.05) is 23.7 Å². The SMILES string of the molecule is N=CCn1cc(-c2ccc(Cl)cc2)n(C[C@H](O)C(F)(F)F)c1=O. The van der Waals surface area contributed by atoms with Crippen LogP contribution in [-0.4, -0.2) is 32.7 Å². The monoisotopic (exact) mass is 347 g/mol. The first kappa shape index (κ1) is 17.3. The fourth-order valence-electron chi connectivity index (χ4n) is 2.06. The predicted molar refractivity (Wildman–Crippen MR) is 80.0 cm³/mol. The van der Waals surface area contributed by atoms with Crippen LogP contribution in [0.15, 0.2) is 35.3 Å². The van der Waals surface area contributed by atoms with E-state index < -0.39 is 24.5 Å². The lowest BCUT2D eigenvalue weighted by Gasteiger charge is -2.16. The molecule has 1 aromatic carbocycles. The van der Waals surface area contributed by atoms with Gasteiger partial charge in [0.25, 0.3) is 0 Å². The average Bonchev–Trinajstić information content (AvgIpc) is 2.77. The summed E-state index contributed by atoms with van der Waals surface area (Å²) in [6.07, 6.45) is -5.19. The zero-order valence-electron chi connectivity index (χ0n) is 11.7. The third kappa shape index (κ3) is 3.83. The fraction of sp³-hybridized carbons (Fsp3) is 0.286. The molecule has 23 heavy (non-hydrogen) atoms. The third-order valence-corrected chi connectivity index (χ3v) is 3.46. The van der Waals surface area contributed by atoms with Gasteiger partial charge in [-0.15, -0.1) is 0 Å². The van der Waals surface area contributed by atoms with Crippen LogP contribution >= 0.6 is 11.6 Å². The van der Waals surface area contributed by atoms with E-state index in [2.05, 4.69) is 0 Å². The quantitative estimate of drug-likeness (QED) is 0.816. The molecule has 1 atom stereocenters. The number of rotatable bonds is 5. The number of imidazole rings is 1. The Labute approximate surface area is 134 Å². The number of nitrogens with one attached hydrogen (secondary N) is 1. The lowest BCUT2D eigenvalue weighted by molar-refractivity contribution is -0.207. The number of hydrogen-bond donors (Lipinski definition) is 2. The van der Waals surface area contributed by atoms with Crippen molar-refractivity contribution < 1.29 is 18.3 Å². The van der Waals surface area contributed by atoms with Gasteiger partial charge in [-0.25, -0.2) is 4.79 Å². The van der Waals surface area contributed by atoms with Crippen LogP contribution in [0.2, 0.25) is 5.02 Å². The molecule has 2 aromatic rings. The molecule has 0 aliphatic rings. The number of aromatic nitrogens is 2. The highest BCUT2D eigenvalue weighted by atomic mass is 35.5. The van der Waals surface area contributed by atoms with Gasteiger partial charge in [0.05, 0.1) is 18.8 Å². The minimum absolute atomic E-state index is 0.0749. The number of alkyl halides is 3. The maximum Gasteiger partial charge on any atom is 0.416 e. The van der Waals surface area contributed by atoms with Crippen molar-refractivity contribution in [1.82, 2.24) is 9.13 Å². The predicted octanol–water partition coefficient (Wildman–Crippen LogP) is 2.54. The maximum atomic E-state index is 12.6. The molecule has 9 heteroatoms. The van der Waals surface area contributed by atoms with Crippen LogP contribution in [0.1, 0.15) is 0 Å².